The fourth-order valence-electron chi connectivity index (χ4n) is 0.771. The van der Waals surface area contributed by atoms with Gasteiger partial charge in [0.1, 0.15) is 5.75 Å². The lowest BCUT2D eigenvalue weighted by Gasteiger charge is -2.08. The molecule has 1 aromatic rings. The summed E-state index contributed by atoms with van der Waals surface area (Å²) >= 11 is -0.204. The lowest BCUT2D eigenvalue weighted by atomic mass is 10.3. The predicted molar refractivity (Wildman–Crippen MR) is 43.7 cm³/mol. The van der Waals surface area contributed by atoms with Crippen molar-refractivity contribution < 1.29 is 17.9 Å². The molecule has 0 aliphatic carbocycles. The van der Waals surface area contributed by atoms with Crippen LogP contribution >= 0.6 is 11.8 Å². The fourth-order valence-corrected chi connectivity index (χ4v) is 1.40. The third kappa shape index (κ3) is 3.18. The number of alkyl halides is 3. The van der Waals surface area contributed by atoms with Gasteiger partial charge in [0.25, 0.3) is 0 Å². The monoisotopic (exact) mass is 207 g/mol. The minimum Gasteiger partial charge on any atom is -0.495 e. The number of halogens is 3. The number of hydrogen-bond donors (Lipinski definition) is 0. The summed E-state index contributed by atoms with van der Waals surface area (Å²) < 4.78 is 40.6. The summed E-state index contributed by atoms with van der Waals surface area (Å²) in [5.74, 6) is 0.116. The second-order valence-corrected chi connectivity index (χ2v) is 3.22. The van der Waals surface area contributed by atoms with E-state index in [9.17, 15) is 13.2 Å². The van der Waals surface area contributed by atoms with Crippen molar-refractivity contribution in [2.45, 2.75) is 10.4 Å². The number of thioether (sulfide) groups is 1. The van der Waals surface area contributed by atoms with Crippen molar-refractivity contribution in [3.8, 4) is 5.75 Å². The van der Waals surface area contributed by atoms with Gasteiger partial charge in [0.05, 0.1) is 12.0 Å². The van der Waals surface area contributed by atoms with Gasteiger partial charge in [-0.3, -0.25) is 0 Å². The minimum absolute atomic E-state index is 0.0255. The van der Waals surface area contributed by atoms with E-state index in [1.165, 1.54) is 25.3 Å². The molecule has 1 aromatic carbocycles. The molecule has 0 N–H and O–H groups in total. The zero-order chi connectivity index (χ0) is 9.90. The molecule has 0 aliphatic rings. The first-order valence-corrected chi connectivity index (χ1v) is 4.15. The Morgan fingerprint density at radius 1 is 1.46 bits per heavy atom. The zero-order valence-electron chi connectivity index (χ0n) is 6.68. The van der Waals surface area contributed by atoms with Crippen molar-refractivity contribution >= 4 is 11.8 Å². The molecule has 1 radical (unpaired) electrons. The summed E-state index contributed by atoms with van der Waals surface area (Å²) in [5.41, 5.74) is -4.29. The number of hydrogen-bond acceptors (Lipinski definition) is 2. The van der Waals surface area contributed by atoms with Crippen molar-refractivity contribution in [2.24, 2.45) is 0 Å². The van der Waals surface area contributed by atoms with Gasteiger partial charge in [-0.15, -0.1) is 0 Å². The van der Waals surface area contributed by atoms with Crippen LogP contribution in [0.4, 0.5) is 13.2 Å². The maximum atomic E-state index is 12.0. The highest BCUT2D eigenvalue weighted by atomic mass is 32.2. The Morgan fingerprint density at radius 3 is 2.69 bits per heavy atom. The van der Waals surface area contributed by atoms with Crippen LogP contribution in [0.25, 0.3) is 0 Å². The lowest BCUT2D eigenvalue weighted by Crippen LogP contribution is -2.00. The average Bonchev–Trinajstić information content (AvgIpc) is 2.02. The first kappa shape index (κ1) is 10.2. The molecule has 0 fully saturated rings. The summed E-state index contributed by atoms with van der Waals surface area (Å²) in [6, 6.07) is 6.89. The Labute approximate surface area is 77.9 Å². The number of ether oxygens (including phenoxy) is 1. The SMILES string of the molecule is COc1[c]cccc1SC(F)(F)F. The van der Waals surface area contributed by atoms with Crippen LogP contribution < -0.4 is 4.74 Å². The van der Waals surface area contributed by atoms with E-state index in [1.807, 2.05) is 0 Å². The van der Waals surface area contributed by atoms with Gasteiger partial charge < -0.3 is 4.74 Å². The highest BCUT2D eigenvalue weighted by Crippen LogP contribution is 2.40. The molecular weight excluding hydrogens is 201 g/mol. The topological polar surface area (TPSA) is 9.23 Å². The van der Waals surface area contributed by atoms with Gasteiger partial charge in [0, 0.05) is 6.07 Å². The Morgan fingerprint density at radius 2 is 2.15 bits per heavy atom. The Kier molecular flexibility index (Phi) is 3.08. The maximum absolute atomic E-state index is 12.0. The van der Waals surface area contributed by atoms with Gasteiger partial charge >= 0.3 is 5.51 Å². The van der Waals surface area contributed by atoms with Crippen LogP contribution in [0.1, 0.15) is 0 Å². The first-order valence-electron chi connectivity index (χ1n) is 3.33. The fraction of sp³-hybridized carbons (Fsp3) is 0.250. The largest absolute Gasteiger partial charge is 0.495 e. The Hall–Kier alpha value is -0.840. The van der Waals surface area contributed by atoms with Gasteiger partial charge in [-0.2, -0.15) is 13.2 Å². The maximum Gasteiger partial charge on any atom is 0.446 e. The smallest absolute Gasteiger partial charge is 0.446 e. The van der Waals surface area contributed by atoms with Gasteiger partial charge in [-0.05, 0) is 17.8 Å². The normalized spacial score (nSPS) is 11.4. The summed E-state index contributed by atoms with van der Waals surface area (Å²) in [7, 11) is 1.31. The van der Waals surface area contributed by atoms with Crippen molar-refractivity contribution in [3.63, 3.8) is 0 Å². The number of rotatable bonds is 2. The van der Waals surface area contributed by atoms with Crippen LogP contribution in [0.2, 0.25) is 0 Å². The molecule has 0 bridgehead atoms. The number of methoxy groups -OCH3 is 1. The van der Waals surface area contributed by atoms with E-state index in [2.05, 4.69) is 6.07 Å². The molecule has 1 nitrogen and oxygen atoms in total. The van der Waals surface area contributed by atoms with E-state index < -0.39 is 5.51 Å². The molecule has 0 saturated heterocycles. The van der Waals surface area contributed by atoms with E-state index in [1.54, 1.807) is 0 Å². The van der Waals surface area contributed by atoms with Crippen molar-refractivity contribution in [2.75, 3.05) is 7.11 Å². The Balaban J connectivity index is 2.87. The quantitative estimate of drug-likeness (QED) is 0.689. The molecule has 0 unspecified atom stereocenters. The molecule has 1 rings (SSSR count). The second kappa shape index (κ2) is 3.91. The minimum atomic E-state index is -4.29. The van der Waals surface area contributed by atoms with Crippen LogP contribution in [0.15, 0.2) is 23.1 Å². The lowest BCUT2D eigenvalue weighted by molar-refractivity contribution is -0.0328. The van der Waals surface area contributed by atoms with Crippen LogP contribution in [-0.2, 0) is 0 Å². The van der Waals surface area contributed by atoms with Crippen LogP contribution in [-0.4, -0.2) is 12.6 Å². The van der Waals surface area contributed by atoms with Gasteiger partial charge in [0.15, 0.2) is 0 Å². The van der Waals surface area contributed by atoms with Crippen LogP contribution in [0, 0.1) is 6.07 Å². The van der Waals surface area contributed by atoms with E-state index in [0.29, 0.717) is 0 Å². The molecule has 5 heteroatoms. The third-order valence-corrected chi connectivity index (χ3v) is 1.98. The van der Waals surface area contributed by atoms with Crippen molar-refractivity contribution in [3.05, 3.63) is 24.3 Å². The molecule has 0 spiro atoms. The standard InChI is InChI=1S/C8H6F3OS/c1-12-6-4-2-3-5-7(6)13-8(9,10)11/h2-3,5H,1H3. The van der Waals surface area contributed by atoms with E-state index in [-0.39, 0.29) is 22.4 Å². The zero-order valence-corrected chi connectivity index (χ0v) is 7.50. The molecule has 0 heterocycles. The van der Waals surface area contributed by atoms with Gasteiger partial charge in [-0.1, -0.05) is 12.1 Å². The third-order valence-electron chi connectivity index (χ3n) is 1.21. The average molecular weight is 207 g/mol. The van der Waals surface area contributed by atoms with Crippen LogP contribution in [0.3, 0.4) is 0 Å². The molecule has 0 aliphatic heterocycles. The molecule has 0 aromatic heterocycles. The van der Waals surface area contributed by atoms with E-state index >= 15 is 0 Å². The van der Waals surface area contributed by atoms with Crippen molar-refractivity contribution in [1.29, 1.82) is 0 Å². The molecule has 0 saturated carbocycles. The van der Waals surface area contributed by atoms with E-state index in [0.717, 1.165) is 0 Å². The highest BCUT2D eigenvalue weighted by Gasteiger charge is 2.30. The molecule has 0 amide bonds. The van der Waals surface area contributed by atoms with Gasteiger partial charge in [-0.25, -0.2) is 0 Å². The molecule has 13 heavy (non-hydrogen) atoms. The molecular formula is C8H6F3OS. The van der Waals surface area contributed by atoms with Gasteiger partial charge in [0.2, 0.25) is 0 Å². The number of para-hydroxylation sites is 1. The van der Waals surface area contributed by atoms with E-state index in [4.69, 9.17) is 4.74 Å². The summed E-state index contributed by atoms with van der Waals surface area (Å²) in [6.07, 6.45) is 0. The second-order valence-electron chi connectivity index (χ2n) is 2.12. The summed E-state index contributed by atoms with van der Waals surface area (Å²) in [6.45, 7) is 0. The predicted octanol–water partition coefficient (Wildman–Crippen LogP) is 3.11. The number of benzene rings is 1. The summed E-state index contributed by atoms with van der Waals surface area (Å²) in [5, 5.41) is 0. The Bertz CT molecular complexity index is 285. The summed E-state index contributed by atoms with van der Waals surface area (Å²) in [4.78, 5) is 0.0255. The highest BCUT2D eigenvalue weighted by molar-refractivity contribution is 8.00. The first-order chi connectivity index (χ1) is 6.03. The van der Waals surface area contributed by atoms with Crippen LogP contribution in [0.5, 0.6) is 5.75 Å². The van der Waals surface area contributed by atoms with Crippen molar-refractivity contribution in [1.82, 2.24) is 0 Å². The molecule has 0 atom stereocenters. The molecule has 71 valence electrons.